The molecular formula is C38H27N3S. The number of rotatable bonds is 4. The van der Waals surface area contributed by atoms with E-state index in [0.29, 0.717) is 5.84 Å². The van der Waals surface area contributed by atoms with Crippen molar-refractivity contribution >= 4 is 43.0 Å². The van der Waals surface area contributed by atoms with Crippen molar-refractivity contribution in [2.24, 2.45) is 10.8 Å². The van der Waals surface area contributed by atoms with Gasteiger partial charge >= 0.3 is 0 Å². The van der Waals surface area contributed by atoms with Gasteiger partial charge in [0.25, 0.3) is 0 Å². The second kappa shape index (κ2) is 9.81. The maximum atomic E-state index is 6.11. The van der Waals surface area contributed by atoms with Gasteiger partial charge in [-0.05, 0) is 57.6 Å². The van der Waals surface area contributed by atoms with Gasteiger partial charge in [-0.2, -0.15) is 0 Å². The zero-order valence-corrected chi connectivity index (χ0v) is 23.6. The molecule has 8 rings (SSSR count). The summed E-state index contributed by atoms with van der Waals surface area (Å²) in [6.07, 6.45) is 0. The van der Waals surface area contributed by atoms with Crippen LogP contribution in [0, 0.1) is 0 Å². The summed E-state index contributed by atoms with van der Waals surface area (Å²) in [6.45, 7) is 0. The van der Waals surface area contributed by atoms with Crippen LogP contribution in [-0.2, 0) is 5.41 Å². The van der Waals surface area contributed by atoms with E-state index in [-0.39, 0.29) is 0 Å². The van der Waals surface area contributed by atoms with E-state index in [1.807, 2.05) is 0 Å². The van der Waals surface area contributed by atoms with Gasteiger partial charge in [0, 0.05) is 25.7 Å². The molecule has 0 saturated carbocycles. The molecule has 0 spiro atoms. The summed E-state index contributed by atoms with van der Waals surface area (Å²) >= 11 is 1.79. The quantitative estimate of drug-likeness (QED) is 0.0982. The topological polar surface area (TPSA) is 50.4 Å². The molecule has 0 fully saturated rings. The fourth-order valence-electron chi connectivity index (χ4n) is 6.68. The van der Waals surface area contributed by atoms with Gasteiger partial charge in [-0.25, -0.2) is 10.8 Å². The van der Waals surface area contributed by atoms with Crippen LogP contribution in [0.5, 0.6) is 0 Å². The van der Waals surface area contributed by atoms with Gasteiger partial charge in [-0.1, -0.05) is 121 Å². The van der Waals surface area contributed by atoms with Crippen molar-refractivity contribution in [1.29, 1.82) is 0 Å². The number of fused-ring (bicyclic) bond motifs is 6. The van der Waals surface area contributed by atoms with E-state index >= 15 is 0 Å². The van der Waals surface area contributed by atoms with Crippen LogP contribution in [0.25, 0.3) is 31.3 Å². The van der Waals surface area contributed by atoms with Crippen LogP contribution < -0.4 is 11.3 Å². The summed E-state index contributed by atoms with van der Waals surface area (Å²) in [5.74, 6) is 6.75. The zero-order valence-electron chi connectivity index (χ0n) is 22.8. The zero-order chi connectivity index (χ0) is 28.1. The van der Waals surface area contributed by atoms with E-state index < -0.39 is 5.41 Å². The van der Waals surface area contributed by atoms with Crippen molar-refractivity contribution in [2.45, 2.75) is 5.41 Å². The first-order valence-corrected chi connectivity index (χ1v) is 14.9. The summed E-state index contributed by atoms with van der Waals surface area (Å²) < 4.78 is 2.49. The number of benzene rings is 6. The molecule has 3 N–H and O–H groups in total. The van der Waals surface area contributed by atoms with Crippen LogP contribution in [-0.4, -0.2) is 5.84 Å². The molecule has 0 unspecified atom stereocenters. The standard InChI is InChI=1S/C38H27N3S/c39-41-37(25-19-21-32-31-16-8-10-18-35(31)42-36(32)23-25)40-28-20-22-30-29-15-7-9-17-33(29)38(34(30)24-28,26-11-3-1-4-12-26)27-13-5-2-6-14-27/h1-24H,39H2,(H,40,41). The minimum absolute atomic E-state index is 0.466. The Morgan fingerprint density at radius 3 is 1.98 bits per heavy atom. The van der Waals surface area contributed by atoms with E-state index in [4.69, 9.17) is 10.8 Å². The highest BCUT2D eigenvalue weighted by Crippen LogP contribution is 2.56. The number of aliphatic imine (C=N–C) groups is 1. The van der Waals surface area contributed by atoms with Gasteiger partial charge in [-0.3, -0.25) is 0 Å². The maximum absolute atomic E-state index is 6.11. The van der Waals surface area contributed by atoms with Crippen LogP contribution >= 0.6 is 11.3 Å². The predicted molar refractivity (Wildman–Crippen MR) is 177 cm³/mol. The predicted octanol–water partition coefficient (Wildman–Crippen LogP) is 8.96. The molecule has 6 aromatic carbocycles. The SMILES string of the molecule is NNC(=Nc1ccc2c(c1)C(c1ccccc1)(c1ccccc1)c1ccccc1-2)c1ccc2c(c1)sc1ccccc12. The van der Waals surface area contributed by atoms with Gasteiger partial charge in [0.15, 0.2) is 0 Å². The highest BCUT2D eigenvalue weighted by molar-refractivity contribution is 7.25. The normalized spacial score (nSPS) is 13.7. The van der Waals surface area contributed by atoms with E-state index in [1.165, 1.54) is 53.6 Å². The number of hydrogen-bond donors (Lipinski definition) is 2. The number of hydrogen-bond acceptors (Lipinski definition) is 3. The average Bonchev–Trinajstić information content (AvgIpc) is 3.57. The third-order valence-corrected chi connectivity index (χ3v) is 9.61. The molecule has 1 aliphatic rings. The summed E-state index contributed by atoms with van der Waals surface area (Å²) in [5.41, 5.74) is 11.7. The molecule has 1 aromatic heterocycles. The summed E-state index contributed by atoms with van der Waals surface area (Å²) in [4.78, 5) is 5.09. The van der Waals surface area contributed by atoms with E-state index in [9.17, 15) is 0 Å². The average molecular weight is 558 g/mol. The highest BCUT2D eigenvalue weighted by atomic mass is 32.1. The number of nitrogens with one attached hydrogen (secondary N) is 1. The first-order chi connectivity index (χ1) is 20.8. The van der Waals surface area contributed by atoms with Gasteiger partial charge in [-0.15, -0.1) is 11.3 Å². The molecule has 0 atom stereocenters. The second-order valence-corrected chi connectivity index (χ2v) is 11.8. The minimum atomic E-state index is -0.466. The van der Waals surface area contributed by atoms with E-state index in [1.54, 1.807) is 11.3 Å². The number of thiophene rings is 1. The Labute approximate surface area is 248 Å². The van der Waals surface area contributed by atoms with Crippen molar-refractivity contribution in [1.82, 2.24) is 5.43 Å². The van der Waals surface area contributed by atoms with Gasteiger partial charge in [0.1, 0.15) is 5.84 Å². The highest BCUT2D eigenvalue weighted by Gasteiger charge is 2.46. The largest absolute Gasteiger partial charge is 0.308 e. The van der Waals surface area contributed by atoms with Crippen LogP contribution in [0.4, 0.5) is 5.69 Å². The molecule has 0 radical (unpaired) electrons. The number of nitrogens with two attached hydrogens (primary N) is 1. The fourth-order valence-corrected chi connectivity index (χ4v) is 7.83. The monoisotopic (exact) mass is 557 g/mol. The molecule has 4 heteroatoms. The lowest BCUT2D eigenvalue weighted by atomic mass is 9.67. The third kappa shape index (κ3) is 3.66. The Morgan fingerprint density at radius 1 is 0.571 bits per heavy atom. The second-order valence-electron chi connectivity index (χ2n) is 10.7. The Balaban J connectivity index is 1.33. The summed E-state index contributed by atoms with van der Waals surface area (Å²) in [5, 5.41) is 2.53. The maximum Gasteiger partial charge on any atom is 0.147 e. The molecule has 0 saturated heterocycles. The molecule has 200 valence electrons. The molecule has 0 bridgehead atoms. The van der Waals surface area contributed by atoms with Crippen molar-refractivity contribution in [2.75, 3.05) is 0 Å². The van der Waals surface area contributed by atoms with Crippen molar-refractivity contribution in [3.8, 4) is 11.1 Å². The van der Waals surface area contributed by atoms with Crippen LogP contribution in [0.1, 0.15) is 27.8 Å². The number of nitrogens with zero attached hydrogens (tertiary/aromatic N) is 1. The lowest BCUT2D eigenvalue weighted by Crippen LogP contribution is -2.31. The van der Waals surface area contributed by atoms with Crippen LogP contribution in [0.2, 0.25) is 0 Å². The summed E-state index contributed by atoms with van der Waals surface area (Å²) in [6, 6.07) is 51.9. The number of amidine groups is 1. The molecular weight excluding hydrogens is 531 g/mol. The minimum Gasteiger partial charge on any atom is -0.308 e. The van der Waals surface area contributed by atoms with Crippen molar-refractivity contribution in [3.05, 3.63) is 173 Å². The lowest BCUT2D eigenvalue weighted by molar-refractivity contribution is 0.768. The smallest absolute Gasteiger partial charge is 0.147 e. The molecule has 0 aliphatic heterocycles. The van der Waals surface area contributed by atoms with E-state index in [2.05, 4.69) is 151 Å². The number of hydrazine groups is 1. The van der Waals surface area contributed by atoms with Crippen molar-refractivity contribution < 1.29 is 0 Å². The van der Waals surface area contributed by atoms with Crippen LogP contribution in [0.3, 0.4) is 0 Å². The first kappa shape index (κ1) is 24.7. The fraction of sp³-hybridized carbons (Fsp3) is 0.0263. The molecule has 42 heavy (non-hydrogen) atoms. The Morgan fingerprint density at radius 2 is 1.21 bits per heavy atom. The molecule has 3 nitrogen and oxygen atoms in total. The van der Waals surface area contributed by atoms with Crippen molar-refractivity contribution in [3.63, 3.8) is 0 Å². The van der Waals surface area contributed by atoms with E-state index in [0.717, 1.165) is 11.3 Å². The molecule has 7 aromatic rings. The molecule has 1 aliphatic carbocycles. The molecule has 0 amide bonds. The summed E-state index contributed by atoms with van der Waals surface area (Å²) in [7, 11) is 0. The Kier molecular flexibility index (Phi) is 5.78. The Hall–Kier alpha value is -5.03. The third-order valence-electron chi connectivity index (χ3n) is 8.47. The lowest BCUT2D eigenvalue weighted by Gasteiger charge is -2.33. The Bertz CT molecular complexity index is 2090. The first-order valence-electron chi connectivity index (χ1n) is 14.1. The van der Waals surface area contributed by atoms with Gasteiger partial charge in [0.2, 0.25) is 0 Å². The van der Waals surface area contributed by atoms with Crippen LogP contribution in [0.15, 0.2) is 151 Å². The molecule has 1 heterocycles. The van der Waals surface area contributed by atoms with Gasteiger partial charge in [0.05, 0.1) is 11.1 Å². The van der Waals surface area contributed by atoms with Gasteiger partial charge < -0.3 is 5.43 Å².